The summed E-state index contributed by atoms with van der Waals surface area (Å²) in [7, 11) is 0. The van der Waals surface area contributed by atoms with Crippen molar-refractivity contribution in [3.8, 4) is 5.75 Å². The van der Waals surface area contributed by atoms with Gasteiger partial charge in [0, 0.05) is 12.1 Å². The Kier molecular flexibility index (Phi) is 7.49. The molecular formula is C13H17NO5S. The molecule has 0 aromatic heterocycles. The summed E-state index contributed by atoms with van der Waals surface area (Å²) in [5, 5.41) is 10.5. The van der Waals surface area contributed by atoms with Gasteiger partial charge in [-0.3, -0.25) is 14.9 Å². The SMILES string of the molecule is CCOC(=O)CSCCCOc1ccc([N+](=O)[O-])cc1. The van der Waals surface area contributed by atoms with Crippen LogP contribution in [-0.2, 0) is 9.53 Å². The highest BCUT2D eigenvalue weighted by Crippen LogP contribution is 2.17. The summed E-state index contributed by atoms with van der Waals surface area (Å²) in [6.45, 7) is 2.69. The first-order chi connectivity index (χ1) is 9.63. The maximum atomic E-state index is 11.1. The van der Waals surface area contributed by atoms with Crippen LogP contribution in [0.5, 0.6) is 5.75 Å². The Morgan fingerprint density at radius 2 is 2.05 bits per heavy atom. The number of nitro benzene ring substituents is 1. The Labute approximate surface area is 121 Å². The zero-order chi connectivity index (χ0) is 14.8. The minimum absolute atomic E-state index is 0.0438. The number of thioether (sulfide) groups is 1. The summed E-state index contributed by atoms with van der Waals surface area (Å²) in [6, 6.07) is 5.96. The van der Waals surface area contributed by atoms with Crippen molar-refractivity contribution >= 4 is 23.4 Å². The summed E-state index contributed by atoms with van der Waals surface area (Å²) < 4.78 is 10.2. The molecule has 0 fully saturated rings. The molecule has 0 radical (unpaired) electrons. The van der Waals surface area contributed by atoms with Crippen LogP contribution in [0.4, 0.5) is 5.69 Å². The van der Waals surface area contributed by atoms with Gasteiger partial charge in [0.05, 0.1) is 23.9 Å². The maximum absolute atomic E-state index is 11.1. The summed E-state index contributed by atoms with van der Waals surface area (Å²) in [6.07, 6.45) is 0.793. The van der Waals surface area contributed by atoms with E-state index in [-0.39, 0.29) is 11.7 Å². The van der Waals surface area contributed by atoms with Gasteiger partial charge in [0.2, 0.25) is 0 Å². The quantitative estimate of drug-likeness (QED) is 0.302. The van der Waals surface area contributed by atoms with E-state index in [4.69, 9.17) is 9.47 Å². The molecule has 0 aliphatic rings. The van der Waals surface area contributed by atoms with Crippen LogP contribution in [0.2, 0.25) is 0 Å². The lowest BCUT2D eigenvalue weighted by atomic mass is 10.3. The average Bonchev–Trinajstić information content (AvgIpc) is 2.43. The van der Waals surface area contributed by atoms with Crippen molar-refractivity contribution in [2.24, 2.45) is 0 Å². The first-order valence-electron chi connectivity index (χ1n) is 6.24. The molecule has 0 heterocycles. The zero-order valence-electron chi connectivity index (χ0n) is 11.2. The number of nitrogens with zero attached hydrogens (tertiary/aromatic N) is 1. The van der Waals surface area contributed by atoms with Crippen molar-refractivity contribution in [2.75, 3.05) is 24.7 Å². The lowest BCUT2D eigenvalue weighted by Crippen LogP contribution is -2.07. The summed E-state index contributed by atoms with van der Waals surface area (Å²) in [5.41, 5.74) is 0.0438. The number of non-ortho nitro benzene ring substituents is 1. The molecule has 0 aliphatic carbocycles. The van der Waals surface area contributed by atoms with E-state index in [0.717, 1.165) is 12.2 Å². The Bertz CT molecular complexity index is 435. The number of benzene rings is 1. The van der Waals surface area contributed by atoms with Crippen molar-refractivity contribution in [2.45, 2.75) is 13.3 Å². The number of carbonyl (C=O) groups is 1. The van der Waals surface area contributed by atoms with Crippen LogP contribution in [-0.4, -0.2) is 35.6 Å². The van der Waals surface area contributed by atoms with Gasteiger partial charge in [-0.15, -0.1) is 0 Å². The lowest BCUT2D eigenvalue weighted by molar-refractivity contribution is -0.384. The molecular weight excluding hydrogens is 282 g/mol. The molecule has 0 saturated carbocycles. The first kappa shape index (κ1) is 16.3. The number of esters is 1. The molecule has 0 amide bonds. The van der Waals surface area contributed by atoms with Gasteiger partial charge in [0.15, 0.2) is 0 Å². The van der Waals surface area contributed by atoms with Crippen LogP contribution >= 0.6 is 11.8 Å². The summed E-state index contributed by atoms with van der Waals surface area (Å²) in [4.78, 5) is 21.1. The minimum Gasteiger partial charge on any atom is -0.494 e. The number of hydrogen-bond donors (Lipinski definition) is 0. The van der Waals surface area contributed by atoms with Gasteiger partial charge < -0.3 is 9.47 Å². The molecule has 7 heteroatoms. The molecule has 0 spiro atoms. The number of nitro groups is 1. The third-order valence-electron chi connectivity index (χ3n) is 2.27. The monoisotopic (exact) mass is 299 g/mol. The highest BCUT2D eigenvalue weighted by atomic mass is 32.2. The fraction of sp³-hybridized carbons (Fsp3) is 0.462. The van der Waals surface area contributed by atoms with Gasteiger partial charge in [-0.2, -0.15) is 11.8 Å². The van der Waals surface area contributed by atoms with E-state index in [1.807, 2.05) is 0 Å². The fourth-order valence-corrected chi connectivity index (χ4v) is 2.09. The van der Waals surface area contributed by atoms with Gasteiger partial charge in [-0.1, -0.05) is 0 Å². The van der Waals surface area contributed by atoms with E-state index < -0.39 is 4.92 Å². The smallest absolute Gasteiger partial charge is 0.315 e. The summed E-state index contributed by atoms with van der Waals surface area (Å²) >= 11 is 1.50. The number of carbonyl (C=O) groups excluding carboxylic acids is 1. The molecule has 0 N–H and O–H groups in total. The Morgan fingerprint density at radius 1 is 1.35 bits per heavy atom. The average molecular weight is 299 g/mol. The van der Waals surface area contributed by atoms with Crippen LogP contribution in [0.1, 0.15) is 13.3 Å². The molecule has 1 aromatic carbocycles. The van der Waals surface area contributed by atoms with E-state index in [1.165, 1.54) is 23.9 Å². The third-order valence-corrected chi connectivity index (χ3v) is 3.29. The second-order valence-corrected chi connectivity index (χ2v) is 4.92. The highest BCUT2D eigenvalue weighted by Gasteiger charge is 2.04. The summed E-state index contributed by atoms with van der Waals surface area (Å²) in [5.74, 6) is 1.55. The second-order valence-electron chi connectivity index (χ2n) is 3.81. The molecule has 0 aliphatic heterocycles. The lowest BCUT2D eigenvalue weighted by Gasteiger charge is -2.05. The molecule has 6 nitrogen and oxygen atoms in total. The van der Waals surface area contributed by atoms with Crippen LogP contribution < -0.4 is 4.74 Å². The van der Waals surface area contributed by atoms with E-state index in [2.05, 4.69) is 0 Å². The Hall–Kier alpha value is -1.76. The van der Waals surface area contributed by atoms with Crippen LogP contribution in [0.25, 0.3) is 0 Å². The van der Waals surface area contributed by atoms with E-state index in [1.54, 1.807) is 19.1 Å². The Morgan fingerprint density at radius 3 is 2.65 bits per heavy atom. The van der Waals surface area contributed by atoms with Gasteiger partial charge >= 0.3 is 5.97 Å². The molecule has 20 heavy (non-hydrogen) atoms. The minimum atomic E-state index is -0.449. The molecule has 0 bridgehead atoms. The normalized spacial score (nSPS) is 10.1. The Balaban J connectivity index is 2.12. The van der Waals surface area contributed by atoms with Crippen LogP contribution in [0, 0.1) is 10.1 Å². The van der Waals surface area contributed by atoms with Gasteiger partial charge in [-0.05, 0) is 31.2 Å². The van der Waals surface area contributed by atoms with Crippen molar-refractivity contribution in [1.82, 2.24) is 0 Å². The highest BCUT2D eigenvalue weighted by molar-refractivity contribution is 7.99. The standard InChI is InChI=1S/C13H17NO5S/c1-2-18-13(15)10-20-9-3-8-19-12-6-4-11(5-7-12)14(16)17/h4-7H,2-3,8-10H2,1H3. The van der Waals surface area contributed by atoms with Crippen LogP contribution in [0.15, 0.2) is 24.3 Å². The number of ether oxygens (including phenoxy) is 2. The predicted molar refractivity (Wildman–Crippen MR) is 77.2 cm³/mol. The molecule has 0 atom stereocenters. The van der Waals surface area contributed by atoms with Crippen molar-refractivity contribution in [1.29, 1.82) is 0 Å². The molecule has 1 aromatic rings. The topological polar surface area (TPSA) is 78.7 Å². The second kappa shape index (κ2) is 9.19. The zero-order valence-corrected chi connectivity index (χ0v) is 12.1. The van der Waals surface area contributed by atoms with Gasteiger partial charge in [0.25, 0.3) is 5.69 Å². The van der Waals surface area contributed by atoms with E-state index in [0.29, 0.717) is 24.7 Å². The number of rotatable bonds is 9. The van der Waals surface area contributed by atoms with Crippen molar-refractivity contribution < 1.29 is 19.2 Å². The first-order valence-corrected chi connectivity index (χ1v) is 7.39. The van der Waals surface area contributed by atoms with E-state index >= 15 is 0 Å². The fourth-order valence-electron chi connectivity index (χ4n) is 1.37. The molecule has 0 saturated heterocycles. The maximum Gasteiger partial charge on any atom is 0.315 e. The third kappa shape index (κ3) is 6.42. The predicted octanol–water partition coefficient (Wildman–Crippen LogP) is 2.66. The van der Waals surface area contributed by atoms with Crippen molar-refractivity contribution in [3.63, 3.8) is 0 Å². The number of hydrogen-bond acceptors (Lipinski definition) is 6. The molecule has 110 valence electrons. The van der Waals surface area contributed by atoms with Crippen LogP contribution in [0.3, 0.4) is 0 Å². The van der Waals surface area contributed by atoms with E-state index in [9.17, 15) is 14.9 Å². The van der Waals surface area contributed by atoms with Gasteiger partial charge in [0.1, 0.15) is 5.75 Å². The largest absolute Gasteiger partial charge is 0.494 e. The van der Waals surface area contributed by atoms with Gasteiger partial charge in [-0.25, -0.2) is 0 Å². The molecule has 1 rings (SSSR count). The van der Waals surface area contributed by atoms with Crippen molar-refractivity contribution in [3.05, 3.63) is 34.4 Å². The molecule has 0 unspecified atom stereocenters.